The Labute approximate surface area is 119 Å². The standard InChI is InChI=1S/C15H21ClFNO/c1-4-15(2,11-18-7-8-19-3)10-12-5-6-13(16)14(17)9-12/h4-6,9,18H,1,7-8,10-11H2,2-3H3. The molecule has 1 aromatic rings. The van der Waals surface area contributed by atoms with Crippen LogP contribution in [-0.4, -0.2) is 26.8 Å². The Balaban J connectivity index is 2.63. The number of benzene rings is 1. The van der Waals surface area contributed by atoms with Crippen LogP contribution < -0.4 is 5.32 Å². The molecule has 0 fully saturated rings. The smallest absolute Gasteiger partial charge is 0.142 e. The molecule has 1 N–H and O–H groups in total. The molecule has 2 nitrogen and oxygen atoms in total. The Bertz CT molecular complexity index is 425. The fourth-order valence-electron chi connectivity index (χ4n) is 1.87. The Hall–Kier alpha value is -0.900. The first kappa shape index (κ1) is 16.2. The molecule has 4 heteroatoms. The summed E-state index contributed by atoms with van der Waals surface area (Å²) in [5.41, 5.74) is 0.784. The second-order valence-corrected chi connectivity index (χ2v) is 5.36. The summed E-state index contributed by atoms with van der Waals surface area (Å²) in [4.78, 5) is 0. The van der Waals surface area contributed by atoms with E-state index < -0.39 is 0 Å². The molecule has 0 radical (unpaired) electrons. The molecular weight excluding hydrogens is 265 g/mol. The Morgan fingerprint density at radius 2 is 2.26 bits per heavy atom. The van der Waals surface area contributed by atoms with Gasteiger partial charge in [0, 0.05) is 25.6 Å². The average molecular weight is 286 g/mol. The van der Waals surface area contributed by atoms with Gasteiger partial charge in [0.25, 0.3) is 0 Å². The molecule has 1 aromatic carbocycles. The van der Waals surface area contributed by atoms with Crippen molar-refractivity contribution in [2.24, 2.45) is 5.41 Å². The van der Waals surface area contributed by atoms with Crippen molar-refractivity contribution < 1.29 is 9.13 Å². The third kappa shape index (κ3) is 5.31. The zero-order valence-electron chi connectivity index (χ0n) is 11.5. The van der Waals surface area contributed by atoms with Crippen molar-refractivity contribution in [1.29, 1.82) is 0 Å². The Morgan fingerprint density at radius 3 is 2.84 bits per heavy atom. The van der Waals surface area contributed by atoms with Crippen molar-refractivity contribution >= 4 is 11.6 Å². The van der Waals surface area contributed by atoms with Gasteiger partial charge < -0.3 is 10.1 Å². The maximum atomic E-state index is 13.4. The molecule has 1 atom stereocenters. The quantitative estimate of drug-likeness (QED) is 0.583. The minimum Gasteiger partial charge on any atom is -0.383 e. The van der Waals surface area contributed by atoms with Crippen LogP contribution in [0.15, 0.2) is 30.9 Å². The highest BCUT2D eigenvalue weighted by Crippen LogP contribution is 2.25. The van der Waals surface area contributed by atoms with Crippen molar-refractivity contribution in [3.8, 4) is 0 Å². The molecule has 106 valence electrons. The van der Waals surface area contributed by atoms with Gasteiger partial charge in [0.15, 0.2) is 0 Å². The lowest BCUT2D eigenvalue weighted by molar-refractivity contribution is 0.195. The largest absolute Gasteiger partial charge is 0.383 e. The van der Waals surface area contributed by atoms with Crippen LogP contribution >= 0.6 is 11.6 Å². The molecule has 0 aliphatic rings. The number of nitrogens with one attached hydrogen (secondary N) is 1. The van der Waals surface area contributed by atoms with Crippen LogP contribution in [0.2, 0.25) is 5.02 Å². The highest BCUT2D eigenvalue weighted by Gasteiger charge is 2.20. The zero-order valence-corrected chi connectivity index (χ0v) is 12.3. The van der Waals surface area contributed by atoms with E-state index in [0.717, 1.165) is 18.7 Å². The van der Waals surface area contributed by atoms with E-state index in [9.17, 15) is 4.39 Å². The minimum atomic E-state index is -0.377. The lowest BCUT2D eigenvalue weighted by atomic mass is 9.83. The SMILES string of the molecule is C=CC(C)(CNCCOC)Cc1ccc(Cl)c(F)c1. The van der Waals surface area contributed by atoms with E-state index >= 15 is 0 Å². The number of hydrogen-bond acceptors (Lipinski definition) is 2. The third-order valence-corrected chi connectivity index (χ3v) is 3.40. The topological polar surface area (TPSA) is 21.3 Å². The summed E-state index contributed by atoms with van der Waals surface area (Å²) in [5.74, 6) is -0.377. The number of methoxy groups -OCH3 is 1. The van der Waals surface area contributed by atoms with Crippen molar-refractivity contribution in [1.82, 2.24) is 5.32 Å². The van der Waals surface area contributed by atoms with Crippen LogP contribution in [-0.2, 0) is 11.2 Å². The van der Waals surface area contributed by atoms with Crippen LogP contribution in [0.1, 0.15) is 12.5 Å². The fourth-order valence-corrected chi connectivity index (χ4v) is 1.99. The molecule has 0 bridgehead atoms. The first-order chi connectivity index (χ1) is 9.00. The van der Waals surface area contributed by atoms with Gasteiger partial charge in [0.2, 0.25) is 0 Å². The van der Waals surface area contributed by atoms with Crippen LogP contribution in [0.3, 0.4) is 0 Å². The van der Waals surface area contributed by atoms with Gasteiger partial charge in [-0.3, -0.25) is 0 Å². The second-order valence-electron chi connectivity index (χ2n) is 4.95. The van der Waals surface area contributed by atoms with Crippen molar-refractivity contribution in [3.63, 3.8) is 0 Å². The fraction of sp³-hybridized carbons (Fsp3) is 0.467. The Morgan fingerprint density at radius 1 is 1.53 bits per heavy atom. The van der Waals surface area contributed by atoms with E-state index in [1.807, 2.05) is 12.1 Å². The molecule has 0 aliphatic carbocycles. The molecule has 0 aliphatic heterocycles. The summed E-state index contributed by atoms with van der Waals surface area (Å²) < 4.78 is 18.4. The van der Waals surface area contributed by atoms with Gasteiger partial charge in [-0.25, -0.2) is 4.39 Å². The summed E-state index contributed by atoms with van der Waals surface area (Å²) >= 11 is 5.68. The lowest BCUT2D eigenvalue weighted by Gasteiger charge is -2.26. The highest BCUT2D eigenvalue weighted by atomic mass is 35.5. The van der Waals surface area contributed by atoms with E-state index in [-0.39, 0.29) is 16.3 Å². The zero-order chi connectivity index (χ0) is 14.3. The van der Waals surface area contributed by atoms with Crippen LogP contribution in [0.4, 0.5) is 4.39 Å². The molecular formula is C15H21ClFNO. The number of ether oxygens (including phenoxy) is 1. The molecule has 0 saturated heterocycles. The van der Waals surface area contributed by atoms with Crippen LogP contribution in [0.25, 0.3) is 0 Å². The highest BCUT2D eigenvalue weighted by molar-refractivity contribution is 6.30. The second kappa shape index (κ2) is 7.63. The normalized spacial score (nSPS) is 14.1. The van der Waals surface area contributed by atoms with Gasteiger partial charge in [-0.15, -0.1) is 6.58 Å². The summed E-state index contributed by atoms with van der Waals surface area (Å²) in [6.45, 7) is 8.19. The summed E-state index contributed by atoms with van der Waals surface area (Å²) in [6, 6.07) is 4.93. The van der Waals surface area contributed by atoms with Crippen molar-refractivity contribution in [3.05, 3.63) is 47.3 Å². The van der Waals surface area contributed by atoms with Crippen LogP contribution in [0, 0.1) is 11.2 Å². The van der Waals surface area contributed by atoms with Gasteiger partial charge >= 0.3 is 0 Å². The predicted octanol–water partition coefficient (Wildman–Crippen LogP) is 3.45. The summed E-state index contributed by atoms with van der Waals surface area (Å²) in [5, 5.41) is 3.46. The van der Waals surface area contributed by atoms with Crippen LogP contribution in [0.5, 0.6) is 0 Å². The third-order valence-electron chi connectivity index (χ3n) is 3.10. The molecule has 19 heavy (non-hydrogen) atoms. The summed E-state index contributed by atoms with van der Waals surface area (Å²) in [6.07, 6.45) is 2.61. The lowest BCUT2D eigenvalue weighted by Crippen LogP contribution is -2.33. The average Bonchev–Trinajstić information content (AvgIpc) is 2.39. The van der Waals surface area contributed by atoms with Gasteiger partial charge in [-0.2, -0.15) is 0 Å². The van der Waals surface area contributed by atoms with E-state index in [0.29, 0.717) is 13.0 Å². The maximum absolute atomic E-state index is 13.4. The molecule has 0 aromatic heterocycles. The predicted molar refractivity (Wildman–Crippen MR) is 78.2 cm³/mol. The van der Waals surface area contributed by atoms with E-state index in [4.69, 9.17) is 16.3 Å². The van der Waals surface area contributed by atoms with Gasteiger partial charge in [0.05, 0.1) is 11.6 Å². The first-order valence-corrected chi connectivity index (χ1v) is 6.66. The van der Waals surface area contributed by atoms with Gasteiger partial charge in [0.1, 0.15) is 5.82 Å². The van der Waals surface area contributed by atoms with Gasteiger partial charge in [-0.1, -0.05) is 30.7 Å². The maximum Gasteiger partial charge on any atom is 0.142 e. The van der Waals surface area contributed by atoms with E-state index in [1.54, 1.807) is 13.2 Å². The molecule has 0 saturated carbocycles. The molecule has 0 heterocycles. The number of hydrogen-bond donors (Lipinski definition) is 1. The molecule has 1 rings (SSSR count). The van der Waals surface area contributed by atoms with E-state index in [2.05, 4.69) is 18.8 Å². The number of rotatable bonds is 8. The summed E-state index contributed by atoms with van der Waals surface area (Å²) in [7, 11) is 1.67. The van der Waals surface area contributed by atoms with Crippen molar-refractivity contribution in [2.75, 3.05) is 26.8 Å². The van der Waals surface area contributed by atoms with E-state index in [1.165, 1.54) is 6.07 Å². The van der Waals surface area contributed by atoms with Gasteiger partial charge in [-0.05, 0) is 24.1 Å². The first-order valence-electron chi connectivity index (χ1n) is 6.28. The molecule has 0 amide bonds. The monoisotopic (exact) mass is 285 g/mol. The van der Waals surface area contributed by atoms with Crippen molar-refractivity contribution in [2.45, 2.75) is 13.3 Å². The molecule has 1 unspecified atom stereocenters. The molecule has 0 spiro atoms. The Kier molecular flexibility index (Phi) is 6.49. The number of halogens is 2. The minimum absolute atomic E-state index is 0.131.